The van der Waals surface area contributed by atoms with Crippen LogP contribution in [0.4, 0.5) is 5.69 Å². The summed E-state index contributed by atoms with van der Waals surface area (Å²) in [5, 5.41) is 29.6. The lowest BCUT2D eigenvalue weighted by Gasteiger charge is -2.33. The monoisotopic (exact) mass is 621 g/mol. The number of fused-ring (bicyclic) bond motifs is 3. The van der Waals surface area contributed by atoms with Crippen LogP contribution in [0.1, 0.15) is 58.4 Å². The van der Waals surface area contributed by atoms with E-state index in [0.29, 0.717) is 18.7 Å². The summed E-state index contributed by atoms with van der Waals surface area (Å²) >= 11 is 3.49. The number of amides is 2. The Morgan fingerprint density at radius 3 is 2.61 bits per heavy atom. The molecule has 5 rings (SSSR count). The first kappa shape index (κ1) is 29.8. The van der Waals surface area contributed by atoms with Gasteiger partial charge >= 0.3 is 7.12 Å². The Hall–Kier alpha value is -2.72. The fourth-order valence-electron chi connectivity index (χ4n) is 6.81. The minimum absolute atomic E-state index is 0.125. The highest BCUT2D eigenvalue weighted by Gasteiger charge is 2.57. The molecule has 9 heteroatoms. The van der Waals surface area contributed by atoms with Gasteiger partial charge in [0.25, 0.3) is 0 Å². The van der Waals surface area contributed by atoms with Crippen molar-refractivity contribution >= 4 is 52.1 Å². The molecule has 0 radical (unpaired) electrons. The number of hydrogen-bond acceptors (Lipinski definition) is 6. The minimum atomic E-state index is -1.69. The number of hydrogen-bond donors (Lipinski definition) is 3. The first-order chi connectivity index (χ1) is 19.6. The molecular weight excluding hydrogens is 585 g/mol. The van der Waals surface area contributed by atoms with Crippen LogP contribution in [0.5, 0.6) is 5.75 Å². The highest BCUT2D eigenvalue weighted by atomic mass is 79.9. The number of aromatic hydroxyl groups is 1. The predicted molar refractivity (Wildman–Crippen MR) is 163 cm³/mol. The van der Waals surface area contributed by atoms with Gasteiger partial charge in [-0.05, 0) is 73.0 Å². The summed E-state index contributed by atoms with van der Waals surface area (Å²) in [6.45, 7) is 6.82. The van der Waals surface area contributed by atoms with E-state index < -0.39 is 19.0 Å². The van der Waals surface area contributed by atoms with E-state index in [9.17, 15) is 24.7 Å². The van der Waals surface area contributed by atoms with E-state index in [0.717, 1.165) is 35.7 Å². The van der Waals surface area contributed by atoms with Crippen molar-refractivity contribution in [1.29, 1.82) is 0 Å². The van der Waals surface area contributed by atoms with E-state index in [1.807, 2.05) is 12.1 Å². The normalized spacial score (nSPS) is 24.4. The van der Waals surface area contributed by atoms with Crippen molar-refractivity contribution in [3.05, 3.63) is 69.2 Å². The van der Waals surface area contributed by atoms with Crippen molar-refractivity contribution in [3.8, 4) is 5.75 Å². The van der Waals surface area contributed by atoms with Crippen molar-refractivity contribution in [2.45, 2.75) is 59.0 Å². The van der Waals surface area contributed by atoms with Gasteiger partial charge in [0.2, 0.25) is 11.8 Å². The summed E-state index contributed by atoms with van der Waals surface area (Å²) in [6.07, 6.45) is 5.93. The van der Waals surface area contributed by atoms with Crippen molar-refractivity contribution in [2.24, 2.45) is 23.7 Å². The van der Waals surface area contributed by atoms with Gasteiger partial charge in [0.05, 0.1) is 30.2 Å². The number of phenols is 1. The maximum absolute atomic E-state index is 13.8. The lowest BCUT2D eigenvalue weighted by Crippen LogP contribution is -2.36. The van der Waals surface area contributed by atoms with Gasteiger partial charge in [-0.15, -0.1) is 0 Å². The maximum Gasteiger partial charge on any atom is 0.488 e. The van der Waals surface area contributed by atoms with E-state index in [-0.39, 0.29) is 41.0 Å². The van der Waals surface area contributed by atoms with Crippen LogP contribution in [-0.2, 0) is 14.3 Å². The number of carbonyl (C=O) groups is 2. The zero-order valence-corrected chi connectivity index (χ0v) is 25.3. The van der Waals surface area contributed by atoms with Gasteiger partial charge in [0.1, 0.15) is 5.75 Å². The molecule has 2 heterocycles. The van der Waals surface area contributed by atoms with Crippen LogP contribution < -0.4 is 10.4 Å². The molecule has 4 atom stereocenters. The van der Waals surface area contributed by atoms with Crippen LogP contribution in [0, 0.1) is 23.7 Å². The Morgan fingerprint density at radius 2 is 1.90 bits per heavy atom. The lowest BCUT2D eigenvalue weighted by atomic mass is 9.67. The van der Waals surface area contributed by atoms with E-state index in [2.05, 4.69) is 42.8 Å². The third kappa shape index (κ3) is 5.82. The molecule has 3 N–H and O–H groups in total. The molecule has 7 nitrogen and oxygen atoms in total. The molecular formula is C32H37BBrNO6. The maximum atomic E-state index is 13.8. The number of halogens is 1. The van der Waals surface area contributed by atoms with Crippen LogP contribution in [0.25, 0.3) is 6.08 Å². The quantitative estimate of drug-likeness (QED) is 0.207. The highest BCUT2D eigenvalue weighted by molar-refractivity contribution is 9.10. The summed E-state index contributed by atoms with van der Waals surface area (Å²) in [5.74, 6) is -1.10. The molecule has 0 unspecified atom stereocenters. The lowest BCUT2D eigenvalue weighted by molar-refractivity contribution is -0.122. The Morgan fingerprint density at radius 1 is 1.12 bits per heavy atom. The molecule has 2 aromatic carbocycles. The molecule has 0 aromatic heterocycles. The molecule has 2 fully saturated rings. The number of ether oxygens (including phenoxy) is 1. The number of carbonyl (C=O) groups excluding carboxylic acids is 2. The zero-order chi connectivity index (χ0) is 29.4. The topological polar surface area (TPSA) is 107 Å². The molecule has 0 saturated carbocycles. The molecule has 41 heavy (non-hydrogen) atoms. The number of allylic oxidation sites excluding steroid dienone is 2. The third-order valence-electron chi connectivity index (χ3n) is 8.72. The first-order valence-electron chi connectivity index (χ1n) is 14.5. The van der Waals surface area contributed by atoms with E-state index in [1.165, 1.54) is 27.7 Å². The van der Waals surface area contributed by atoms with Crippen LogP contribution >= 0.6 is 15.9 Å². The Labute approximate surface area is 250 Å². The van der Waals surface area contributed by atoms with Gasteiger partial charge in [0, 0.05) is 16.0 Å². The third-order valence-corrected chi connectivity index (χ3v) is 9.21. The Bertz CT molecular complexity index is 1400. The molecule has 2 saturated heterocycles. The fourth-order valence-corrected chi connectivity index (χ4v) is 7.18. The van der Waals surface area contributed by atoms with Crippen molar-refractivity contribution in [2.75, 3.05) is 11.5 Å². The number of phenolic OH excluding ortho intramolecular Hbond substituents is 1. The number of rotatable bonds is 9. The van der Waals surface area contributed by atoms with Gasteiger partial charge < -0.3 is 19.9 Å². The molecule has 2 amide bonds. The van der Waals surface area contributed by atoms with Gasteiger partial charge in [-0.25, -0.2) is 0 Å². The summed E-state index contributed by atoms with van der Waals surface area (Å²) in [6, 6.07) is 11.8. The Kier molecular flexibility index (Phi) is 8.90. The van der Waals surface area contributed by atoms with Crippen LogP contribution in [0.3, 0.4) is 0 Å². The standard InChI is InChI=1S/C32H37BBrNO6/c1-4-6-19(13-20-14-22(34)10-11-27(20)36)9-12-28-29-24(18(2)3)16-25-30(26(29)17-41-28)32(38)35(31(25)37)23-8-5-7-21(15-23)33(39)40/h5,7-8,10-11,13-15,18,25-26,28,30,36,39-40H,4,6,9,12,16-17H2,1-3H3/b19-13+/t25-,26+,28-,30-/m1/s1. The van der Waals surface area contributed by atoms with E-state index in [4.69, 9.17) is 4.74 Å². The molecule has 3 aliphatic rings. The molecule has 216 valence electrons. The van der Waals surface area contributed by atoms with E-state index in [1.54, 1.807) is 24.3 Å². The van der Waals surface area contributed by atoms with Crippen molar-refractivity contribution in [1.82, 2.24) is 0 Å². The summed E-state index contributed by atoms with van der Waals surface area (Å²) in [7, 11) is -1.69. The molecule has 2 aromatic rings. The first-order valence-corrected chi connectivity index (χ1v) is 15.3. The zero-order valence-electron chi connectivity index (χ0n) is 23.7. The molecule has 2 aliphatic heterocycles. The summed E-state index contributed by atoms with van der Waals surface area (Å²) in [5.41, 5.74) is 5.02. The number of nitrogens with zero attached hydrogens (tertiary/aromatic N) is 1. The second kappa shape index (κ2) is 12.3. The smallest absolute Gasteiger partial charge is 0.488 e. The van der Waals surface area contributed by atoms with Crippen LogP contribution in [0.2, 0.25) is 0 Å². The van der Waals surface area contributed by atoms with Crippen molar-refractivity contribution < 1.29 is 29.5 Å². The minimum Gasteiger partial charge on any atom is -0.507 e. The molecule has 0 bridgehead atoms. The van der Waals surface area contributed by atoms with Gasteiger partial charge in [-0.2, -0.15) is 0 Å². The predicted octanol–water partition coefficient (Wildman–Crippen LogP) is 4.98. The highest BCUT2D eigenvalue weighted by Crippen LogP contribution is 2.52. The van der Waals surface area contributed by atoms with Crippen LogP contribution in [0.15, 0.2) is 63.7 Å². The number of imide groups is 1. The number of benzene rings is 2. The second-order valence-electron chi connectivity index (χ2n) is 11.7. The van der Waals surface area contributed by atoms with Gasteiger partial charge in [-0.3, -0.25) is 14.5 Å². The molecule has 1 aliphatic carbocycles. The van der Waals surface area contributed by atoms with Gasteiger partial charge in [-0.1, -0.05) is 72.5 Å². The number of anilines is 1. The van der Waals surface area contributed by atoms with Crippen LogP contribution in [-0.4, -0.2) is 46.8 Å². The van der Waals surface area contributed by atoms with E-state index >= 15 is 0 Å². The second-order valence-corrected chi connectivity index (χ2v) is 12.6. The summed E-state index contributed by atoms with van der Waals surface area (Å²) < 4.78 is 7.30. The summed E-state index contributed by atoms with van der Waals surface area (Å²) in [4.78, 5) is 28.7. The Balaban J connectivity index is 1.41. The molecule has 0 spiro atoms. The SMILES string of the molecule is CCC/C(=C\c1cc(Br)ccc1O)CC[C@H]1OC[C@H]2C1=C(C(C)C)C[C@H]1C(=O)N(c3cccc(B(O)O)c3)C(=O)[C@H]12. The van der Waals surface area contributed by atoms with Gasteiger partial charge in [0.15, 0.2) is 0 Å². The fraction of sp³-hybridized carbons (Fsp3) is 0.438. The average Bonchev–Trinajstić information content (AvgIpc) is 3.47. The largest absolute Gasteiger partial charge is 0.507 e. The average molecular weight is 622 g/mol. The van der Waals surface area contributed by atoms with Crippen molar-refractivity contribution in [3.63, 3.8) is 0 Å².